The first-order chi connectivity index (χ1) is 8.52. The van der Waals surface area contributed by atoms with Gasteiger partial charge in [-0.3, -0.25) is 4.79 Å². The molecule has 1 fully saturated rings. The Labute approximate surface area is 111 Å². The Bertz CT molecular complexity index is 300. The van der Waals surface area contributed by atoms with Crippen LogP contribution >= 0.6 is 0 Å². The maximum Gasteiger partial charge on any atom is 0.225 e. The van der Waals surface area contributed by atoms with Crippen molar-refractivity contribution in [2.24, 2.45) is 0 Å². The van der Waals surface area contributed by atoms with Crippen molar-refractivity contribution < 1.29 is 4.79 Å². The molecule has 1 aliphatic rings. The summed E-state index contributed by atoms with van der Waals surface area (Å²) in [7, 11) is 0. The number of piperazine rings is 1. The molecule has 0 radical (unpaired) electrons. The predicted molar refractivity (Wildman–Crippen MR) is 75.4 cm³/mol. The molecule has 0 spiro atoms. The smallest absolute Gasteiger partial charge is 0.225 e. The summed E-state index contributed by atoms with van der Waals surface area (Å²) in [6.07, 6.45) is 0.594. The average Bonchev–Trinajstić information content (AvgIpc) is 2.36. The van der Waals surface area contributed by atoms with Gasteiger partial charge in [-0.15, -0.1) is 0 Å². The Morgan fingerprint density at radius 3 is 2.11 bits per heavy atom. The van der Waals surface area contributed by atoms with E-state index in [0.717, 1.165) is 45.0 Å². The van der Waals surface area contributed by atoms with Gasteiger partial charge >= 0.3 is 0 Å². The molecule has 0 unspecified atom stereocenters. The molecule has 4 heteroatoms. The molecule has 0 aromatic rings. The first-order valence-corrected chi connectivity index (χ1v) is 6.91. The fraction of sp³-hybridized carbons (Fsp3) is 0.786. The van der Waals surface area contributed by atoms with Crippen LogP contribution in [-0.4, -0.2) is 55.0 Å². The highest BCUT2D eigenvalue weighted by atomic mass is 16.1. The fourth-order valence-electron chi connectivity index (χ4n) is 1.99. The lowest BCUT2D eigenvalue weighted by atomic mass is 10.2. The molecule has 0 aliphatic carbocycles. The van der Waals surface area contributed by atoms with Crippen LogP contribution in [0.25, 0.3) is 0 Å². The van der Waals surface area contributed by atoms with Gasteiger partial charge in [-0.1, -0.05) is 12.5 Å². The number of hydrogen-bond donors (Lipinski definition) is 1. The van der Waals surface area contributed by atoms with Gasteiger partial charge in [0.25, 0.3) is 0 Å². The number of carbonyl (C=O) groups excluding carboxylic acids is 1. The number of likely N-dealkylation sites (N-methyl/N-ethyl adjacent to an activating group) is 1. The molecule has 0 saturated carbocycles. The first-order valence-electron chi connectivity index (χ1n) is 6.91. The lowest BCUT2D eigenvalue weighted by Crippen LogP contribution is -2.46. The van der Waals surface area contributed by atoms with Crippen molar-refractivity contribution in [1.29, 1.82) is 0 Å². The van der Waals surface area contributed by atoms with Crippen LogP contribution < -0.4 is 5.32 Å². The zero-order chi connectivity index (χ0) is 13.5. The van der Waals surface area contributed by atoms with Crippen LogP contribution in [0.15, 0.2) is 11.3 Å². The van der Waals surface area contributed by atoms with E-state index >= 15 is 0 Å². The van der Waals surface area contributed by atoms with Crippen LogP contribution in [0.3, 0.4) is 0 Å². The van der Waals surface area contributed by atoms with Gasteiger partial charge in [0.15, 0.2) is 0 Å². The van der Waals surface area contributed by atoms with E-state index < -0.39 is 0 Å². The van der Waals surface area contributed by atoms with Gasteiger partial charge in [0.2, 0.25) is 5.91 Å². The second-order valence-electron chi connectivity index (χ2n) is 5.20. The SMILES string of the molecule is CCN1CCN(CCC(=O)NC(C)=C(C)C)CC1. The number of amides is 1. The van der Waals surface area contributed by atoms with Gasteiger partial charge in [-0.2, -0.15) is 0 Å². The summed E-state index contributed by atoms with van der Waals surface area (Å²) in [5.74, 6) is 0.131. The molecule has 4 nitrogen and oxygen atoms in total. The van der Waals surface area contributed by atoms with E-state index in [-0.39, 0.29) is 5.91 Å². The summed E-state index contributed by atoms with van der Waals surface area (Å²) in [5.41, 5.74) is 2.15. The third kappa shape index (κ3) is 5.19. The van der Waals surface area contributed by atoms with Crippen LogP contribution in [0, 0.1) is 0 Å². The number of allylic oxidation sites excluding steroid dienone is 2. The lowest BCUT2D eigenvalue weighted by Gasteiger charge is -2.33. The molecule has 1 saturated heterocycles. The Hall–Kier alpha value is -0.870. The first kappa shape index (κ1) is 15.2. The average molecular weight is 253 g/mol. The second kappa shape index (κ2) is 7.54. The topological polar surface area (TPSA) is 35.6 Å². The Morgan fingerprint density at radius 1 is 1.06 bits per heavy atom. The van der Waals surface area contributed by atoms with Crippen LogP contribution in [0.5, 0.6) is 0 Å². The normalized spacial score (nSPS) is 17.6. The van der Waals surface area contributed by atoms with Crippen LogP contribution in [0.2, 0.25) is 0 Å². The van der Waals surface area contributed by atoms with Crippen molar-refractivity contribution in [3.8, 4) is 0 Å². The lowest BCUT2D eigenvalue weighted by molar-refractivity contribution is -0.120. The molecule has 0 bridgehead atoms. The van der Waals surface area contributed by atoms with Crippen LogP contribution in [0.4, 0.5) is 0 Å². The molecule has 1 N–H and O–H groups in total. The Balaban J connectivity index is 2.22. The predicted octanol–water partition coefficient (Wildman–Crippen LogP) is 1.44. The highest BCUT2D eigenvalue weighted by Crippen LogP contribution is 2.03. The Morgan fingerprint density at radius 2 is 1.61 bits per heavy atom. The van der Waals surface area contributed by atoms with Crippen molar-refractivity contribution in [3.63, 3.8) is 0 Å². The molecule has 0 aromatic carbocycles. The van der Waals surface area contributed by atoms with E-state index in [4.69, 9.17) is 0 Å². The van der Waals surface area contributed by atoms with Crippen molar-refractivity contribution in [2.45, 2.75) is 34.1 Å². The van der Waals surface area contributed by atoms with Gasteiger partial charge in [0.1, 0.15) is 0 Å². The molecule has 1 rings (SSSR count). The molecule has 0 aromatic heterocycles. The molecule has 1 amide bonds. The standard InChI is InChI=1S/C14H27N3O/c1-5-16-8-10-17(11-9-16)7-6-14(18)15-13(4)12(2)3/h5-11H2,1-4H3,(H,15,18). The van der Waals surface area contributed by atoms with Crippen LogP contribution in [0.1, 0.15) is 34.1 Å². The zero-order valence-corrected chi connectivity index (χ0v) is 12.3. The van der Waals surface area contributed by atoms with E-state index in [9.17, 15) is 4.79 Å². The maximum absolute atomic E-state index is 11.7. The molecular weight excluding hydrogens is 226 g/mol. The molecule has 1 heterocycles. The zero-order valence-electron chi connectivity index (χ0n) is 12.3. The molecule has 104 valence electrons. The minimum atomic E-state index is 0.131. The number of hydrogen-bond acceptors (Lipinski definition) is 3. The fourth-order valence-corrected chi connectivity index (χ4v) is 1.99. The minimum absolute atomic E-state index is 0.131. The summed E-state index contributed by atoms with van der Waals surface area (Å²) >= 11 is 0. The van der Waals surface area contributed by atoms with Crippen molar-refractivity contribution in [2.75, 3.05) is 39.3 Å². The van der Waals surface area contributed by atoms with Crippen molar-refractivity contribution in [3.05, 3.63) is 11.3 Å². The number of rotatable bonds is 5. The number of nitrogens with one attached hydrogen (secondary N) is 1. The van der Waals surface area contributed by atoms with Crippen molar-refractivity contribution >= 4 is 5.91 Å². The summed E-state index contributed by atoms with van der Waals surface area (Å²) < 4.78 is 0. The number of carbonyl (C=O) groups is 1. The van der Waals surface area contributed by atoms with Crippen LogP contribution in [-0.2, 0) is 4.79 Å². The highest BCUT2D eigenvalue weighted by Gasteiger charge is 2.15. The van der Waals surface area contributed by atoms with Gasteiger partial charge in [0, 0.05) is 44.8 Å². The number of nitrogens with zero attached hydrogens (tertiary/aromatic N) is 2. The summed E-state index contributed by atoms with van der Waals surface area (Å²) in [4.78, 5) is 16.6. The third-order valence-corrected chi connectivity index (χ3v) is 3.64. The van der Waals surface area contributed by atoms with E-state index in [1.165, 1.54) is 5.57 Å². The van der Waals surface area contributed by atoms with E-state index in [1.54, 1.807) is 0 Å². The van der Waals surface area contributed by atoms with Gasteiger partial charge in [0.05, 0.1) is 0 Å². The molecule has 0 atom stereocenters. The summed E-state index contributed by atoms with van der Waals surface area (Å²) in [6, 6.07) is 0. The quantitative estimate of drug-likeness (QED) is 0.805. The van der Waals surface area contributed by atoms with Gasteiger partial charge < -0.3 is 15.1 Å². The molecular formula is C14H27N3O. The van der Waals surface area contributed by atoms with E-state index in [1.807, 2.05) is 20.8 Å². The maximum atomic E-state index is 11.7. The highest BCUT2D eigenvalue weighted by molar-refractivity contribution is 5.77. The summed E-state index contributed by atoms with van der Waals surface area (Å²) in [5, 5.41) is 2.94. The van der Waals surface area contributed by atoms with E-state index in [2.05, 4.69) is 22.0 Å². The summed E-state index contributed by atoms with van der Waals surface area (Å²) in [6.45, 7) is 14.6. The Kier molecular flexibility index (Phi) is 6.36. The van der Waals surface area contributed by atoms with Crippen molar-refractivity contribution in [1.82, 2.24) is 15.1 Å². The largest absolute Gasteiger partial charge is 0.330 e. The second-order valence-corrected chi connectivity index (χ2v) is 5.20. The minimum Gasteiger partial charge on any atom is -0.330 e. The van der Waals surface area contributed by atoms with Gasteiger partial charge in [-0.25, -0.2) is 0 Å². The third-order valence-electron chi connectivity index (χ3n) is 3.64. The monoisotopic (exact) mass is 253 g/mol. The molecule has 18 heavy (non-hydrogen) atoms. The van der Waals surface area contributed by atoms with E-state index in [0.29, 0.717) is 6.42 Å². The molecule has 1 aliphatic heterocycles. The van der Waals surface area contributed by atoms with Gasteiger partial charge in [-0.05, 0) is 27.3 Å².